The van der Waals surface area contributed by atoms with Crippen molar-refractivity contribution in [3.05, 3.63) is 64.4 Å². The Morgan fingerprint density at radius 3 is 2.23 bits per heavy atom. The molecule has 0 spiro atoms. The lowest BCUT2D eigenvalue weighted by molar-refractivity contribution is -0.137. The number of nitrogens with zero attached hydrogens (tertiary/aromatic N) is 2. The van der Waals surface area contributed by atoms with Crippen molar-refractivity contribution in [2.75, 3.05) is 26.7 Å². The third-order valence-corrected chi connectivity index (χ3v) is 4.12. The van der Waals surface area contributed by atoms with Crippen LogP contribution in [0.5, 0.6) is 0 Å². The standard InChI is InChI=1S/C19H21ClF3N5O.HI/c1-24-18(26-9-8-13-2-7-16(20)28-12-13)27-11-10-25-17(29)14-3-5-15(6-4-14)19(21,22)23;/h2-7,12H,8-11H2,1H3,(H,25,29)(H2,24,26,27);1H. The second-order valence-electron chi connectivity index (χ2n) is 6.00. The lowest BCUT2D eigenvalue weighted by Gasteiger charge is -2.12. The molecule has 0 aliphatic carbocycles. The Bertz CT molecular complexity index is 830. The zero-order chi connectivity index (χ0) is 21.3. The summed E-state index contributed by atoms with van der Waals surface area (Å²) in [6.45, 7) is 1.30. The van der Waals surface area contributed by atoms with Crippen molar-refractivity contribution < 1.29 is 18.0 Å². The van der Waals surface area contributed by atoms with Crippen molar-refractivity contribution in [2.24, 2.45) is 4.99 Å². The minimum Gasteiger partial charge on any atom is -0.356 e. The van der Waals surface area contributed by atoms with Gasteiger partial charge in [-0.05, 0) is 42.3 Å². The Balaban J connectivity index is 0.00000450. The molecule has 1 aromatic heterocycles. The number of halogens is 5. The van der Waals surface area contributed by atoms with Crippen LogP contribution in [-0.2, 0) is 12.6 Å². The molecule has 0 unspecified atom stereocenters. The van der Waals surface area contributed by atoms with Crippen molar-refractivity contribution in [3.63, 3.8) is 0 Å². The van der Waals surface area contributed by atoms with Gasteiger partial charge in [0.1, 0.15) is 5.15 Å². The topological polar surface area (TPSA) is 78.4 Å². The van der Waals surface area contributed by atoms with Crippen LogP contribution in [0.15, 0.2) is 47.6 Å². The van der Waals surface area contributed by atoms with Gasteiger partial charge in [-0.2, -0.15) is 13.2 Å². The molecule has 1 heterocycles. The summed E-state index contributed by atoms with van der Waals surface area (Å²) in [5.74, 6) is 0.120. The molecule has 0 saturated carbocycles. The van der Waals surface area contributed by atoms with E-state index < -0.39 is 17.6 Å². The molecule has 1 aromatic carbocycles. The smallest absolute Gasteiger partial charge is 0.356 e. The molecule has 0 fully saturated rings. The highest BCUT2D eigenvalue weighted by Crippen LogP contribution is 2.29. The van der Waals surface area contributed by atoms with Crippen molar-refractivity contribution in [1.82, 2.24) is 20.9 Å². The average molecular weight is 556 g/mol. The third-order valence-electron chi connectivity index (χ3n) is 3.90. The van der Waals surface area contributed by atoms with Crippen LogP contribution in [0.3, 0.4) is 0 Å². The van der Waals surface area contributed by atoms with E-state index in [1.54, 1.807) is 19.3 Å². The van der Waals surface area contributed by atoms with E-state index in [1.165, 1.54) is 0 Å². The molecule has 0 aliphatic rings. The third kappa shape index (κ3) is 8.74. The second-order valence-corrected chi connectivity index (χ2v) is 6.38. The molecule has 0 bridgehead atoms. The van der Waals surface area contributed by atoms with Gasteiger partial charge in [0.2, 0.25) is 0 Å². The van der Waals surface area contributed by atoms with Gasteiger partial charge < -0.3 is 16.0 Å². The number of hydrogen-bond donors (Lipinski definition) is 3. The van der Waals surface area contributed by atoms with Crippen LogP contribution in [0.25, 0.3) is 0 Å². The first-order valence-corrected chi connectivity index (χ1v) is 9.18. The fraction of sp³-hybridized carbons (Fsp3) is 0.316. The summed E-state index contributed by atoms with van der Waals surface area (Å²) in [6.07, 6.45) is -1.99. The van der Waals surface area contributed by atoms with E-state index in [0.29, 0.717) is 24.2 Å². The number of carbonyl (C=O) groups excluding carboxylic acids is 1. The average Bonchev–Trinajstić information content (AvgIpc) is 2.70. The van der Waals surface area contributed by atoms with Crippen LogP contribution < -0.4 is 16.0 Å². The molecule has 2 rings (SSSR count). The lowest BCUT2D eigenvalue weighted by atomic mass is 10.1. The maximum absolute atomic E-state index is 12.5. The monoisotopic (exact) mass is 555 g/mol. The predicted molar refractivity (Wildman–Crippen MR) is 122 cm³/mol. The normalized spacial score (nSPS) is 11.4. The van der Waals surface area contributed by atoms with Gasteiger partial charge in [0.05, 0.1) is 5.56 Å². The van der Waals surface area contributed by atoms with E-state index >= 15 is 0 Å². The maximum atomic E-state index is 12.5. The molecule has 0 saturated heterocycles. The highest BCUT2D eigenvalue weighted by Gasteiger charge is 2.30. The Kier molecular flexibility index (Phi) is 10.9. The summed E-state index contributed by atoms with van der Waals surface area (Å²) in [5.41, 5.74) is 0.401. The number of nitrogens with one attached hydrogen (secondary N) is 3. The molecular weight excluding hydrogens is 534 g/mol. The maximum Gasteiger partial charge on any atom is 0.416 e. The number of benzene rings is 1. The summed E-state index contributed by atoms with van der Waals surface area (Å²) in [5, 5.41) is 9.25. The predicted octanol–water partition coefficient (Wildman–Crippen LogP) is 3.51. The molecule has 0 aliphatic heterocycles. The fourth-order valence-electron chi connectivity index (χ4n) is 2.37. The van der Waals surface area contributed by atoms with Crippen molar-refractivity contribution >= 4 is 47.4 Å². The summed E-state index contributed by atoms with van der Waals surface area (Å²) in [7, 11) is 1.62. The Labute approximate surface area is 194 Å². The molecular formula is C19H22ClF3IN5O. The zero-order valence-corrected chi connectivity index (χ0v) is 19.2. The molecule has 3 N–H and O–H groups in total. The van der Waals surface area contributed by atoms with E-state index in [4.69, 9.17) is 11.6 Å². The number of rotatable bonds is 7. The van der Waals surface area contributed by atoms with Gasteiger partial charge >= 0.3 is 6.18 Å². The van der Waals surface area contributed by atoms with Crippen LogP contribution >= 0.6 is 35.6 Å². The molecule has 11 heteroatoms. The number of hydrogen-bond acceptors (Lipinski definition) is 3. The van der Waals surface area contributed by atoms with E-state index in [1.807, 2.05) is 6.07 Å². The van der Waals surface area contributed by atoms with Crippen LogP contribution in [0, 0.1) is 0 Å². The molecule has 0 atom stereocenters. The summed E-state index contributed by atoms with van der Waals surface area (Å²) >= 11 is 5.74. The molecule has 1 amide bonds. The minimum absolute atomic E-state index is 0. The Morgan fingerprint density at radius 2 is 1.67 bits per heavy atom. The van der Waals surface area contributed by atoms with Gasteiger partial charge in [0, 0.05) is 38.4 Å². The Morgan fingerprint density at radius 1 is 1.03 bits per heavy atom. The lowest BCUT2D eigenvalue weighted by Crippen LogP contribution is -2.42. The van der Waals surface area contributed by atoms with Crippen LogP contribution in [0.2, 0.25) is 5.15 Å². The number of guanidine groups is 1. The number of alkyl halides is 3. The number of aromatic nitrogens is 1. The van der Waals surface area contributed by atoms with Gasteiger partial charge in [-0.15, -0.1) is 24.0 Å². The van der Waals surface area contributed by atoms with E-state index in [-0.39, 0.29) is 36.1 Å². The molecule has 164 valence electrons. The first kappa shape index (κ1) is 26.0. The number of carbonyl (C=O) groups is 1. The first-order valence-electron chi connectivity index (χ1n) is 8.80. The van der Waals surface area contributed by atoms with Gasteiger partial charge in [-0.3, -0.25) is 9.79 Å². The molecule has 0 radical (unpaired) electrons. The zero-order valence-electron chi connectivity index (χ0n) is 16.1. The van der Waals surface area contributed by atoms with Crippen molar-refractivity contribution in [2.45, 2.75) is 12.6 Å². The SMILES string of the molecule is CN=C(NCCNC(=O)c1ccc(C(F)(F)F)cc1)NCCc1ccc(Cl)nc1.I. The largest absolute Gasteiger partial charge is 0.416 e. The van der Waals surface area contributed by atoms with Gasteiger partial charge in [-0.25, -0.2) is 4.98 Å². The fourth-order valence-corrected chi connectivity index (χ4v) is 2.48. The van der Waals surface area contributed by atoms with Crippen molar-refractivity contribution in [3.8, 4) is 0 Å². The van der Waals surface area contributed by atoms with Gasteiger partial charge in [0.15, 0.2) is 5.96 Å². The highest BCUT2D eigenvalue weighted by molar-refractivity contribution is 14.0. The van der Waals surface area contributed by atoms with Gasteiger partial charge in [-0.1, -0.05) is 17.7 Å². The van der Waals surface area contributed by atoms with Crippen LogP contribution in [0.4, 0.5) is 13.2 Å². The van der Waals surface area contributed by atoms with Crippen LogP contribution in [-0.4, -0.2) is 43.5 Å². The second kappa shape index (κ2) is 12.6. The van der Waals surface area contributed by atoms with E-state index in [0.717, 1.165) is 36.2 Å². The van der Waals surface area contributed by atoms with E-state index in [2.05, 4.69) is 25.9 Å². The minimum atomic E-state index is -4.42. The highest BCUT2D eigenvalue weighted by atomic mass is 127. The summed E-state index contributed by atoms with van der Waals surface area (Å²) in [6, 6.07) is 7.69. The molecule has 30 heavy (non-hydrogen) atoms. The molecule has 2 aromatic rings. The van der Waals surface area contributed by atoms with Crippen molar-refractivity contribution in [1.29, 1.82) is 0 Å². The van der Waals surface area contributed by atoms with E-state index in [9.17, 15) is 18.0 Å². The summed E-state index contributed by atoms with van der Waals surface area (Å²) < 4.78 is 37.6. The quantitative estimate of drug-likeness (QED) is 0.161. The van der Waals surface area contributed by atoms with Crippen LogP contribution in [0.1, 0.15) is 21.5 Å². The number of pyridine rings is 1. The number of amides is 1. The number of aliphatic imine (C=N–C) groups is 1. The first-order chi connectivity index (χ1) is 13.8. The molecule has 6 nitrogen and oxygen atoms in total. The van der Waals surface area contributed by atoms with Gasteiger partial charge in [0.25, 0.3) is 5.91 Å². The summed E-state index contributed by atoms with van der Waals surface area (Å²) in [4.78, 5) is 20.1. The Hall–Kier alpha value is -2.08.